The Kier molecular flexibility index (Phi) is 6.30. The maximum atomic E-state index is 12.8. The molecule has 0 radical (unpaired) electrons. The fourth-order valence-electron chi connectivity index (χ4n) is 3.85. The van der Waals surface area contributed by atoms with Crippen LogP contribution in [0.1, 0.15) is 55.6 Å². The molecular weight excluding hydrogens is 442 g/mol. The molecule has 3 heterocycles. The lowest BCUT2D eigenvalue weighted by Gasteiger charge is -2.33. The van der Waals surface area contributed by atoms with Gasteiger partial charge in [0.2, 0.25) is 0 Å². The molecule has 33 heavy (non-hydrogen) atoms. The van der Waals surface area contributed by atoms with Crippen molar-refractivity contribution in [2.24, 2.45) is 0 Å². The number of carbonyl (C=O) groups excluding carboxylic acids is 2. The fourth-order valence-corrected chi connectivity index (χ4v) is 4.12. The second-order valence-electron chi connectivity index (χ2n) is 9.33. The zero-order chi connectivity index (χ0) is 23.8. The molecule has 0 saturated carbocycles. The van der Waals surface area contributed by atoms with Crippen LogP contribution in [-0.2, 0) is 4.74 Å². The third kappa shape index (κ3) is 5.11. The summed E-state index contributed by atoms with van der Waals surface area (Å²) >= 11 is 6.58. The van der Waals surface area contributed by atoms with Crippen LogP contribution in [0.4, 0.5) is 10.5 Å². The van der Waals surface area contributed by atoms with Crippen LogP contribution in [0.25, 0.3) is 11.0 Å². The first kappa shape index (κ1) is 23.0. The lowest BCUT2D eigenvalue weighted by Crippen LogP contribution is -2.42. The van der Waals surface area contributed by atoms with Crippen LogP contribution in [-0.4, -0.2) is 50.4 Å². The molecule has 8 nitrogen and oxygen atoms in total. The summed E-state index contributed by atoms with van der Waals surface area (Å²) in [6.45, 7) is 8.71. The van der Waals surface area contributed by atoms with Crippen LogP contribution >= 0.6 is 11.6 Å². The second-order valence-corrected chi connectivity index (χ2v) is 9.71. The Morgan fingerprint density at radius 2 is 1.79 bits per heavy atom. The average Bonchev–Trinajstić information content (AvgIpc) is 3.19. The van der Waals surface area contributed by atoms with Crippen LogP contribution in [0.3, 0.4) is 0 Å². The molecular formula is C24H28ClN5O3. The standard InChI is InChI=1S/C24H28ClN5O3/c1-15-5-7-16(8-6-15)28-22(31)19-13-26-21-18(20(19)25)14-27-30(21)17-9-11-29(12-10-17)23(32)33-24(2,3)4/h5-8,13-14,17H,9-12H2,1-4H3,(H,28,31). The molecule has 0 spiro atoms. The molecule has 1 aromatic carbocycles. The summed E-state index contributed by atoms with van der Waals surface area (Å²) in [4.78, 5) is 31.3. The lowest BCUT2D eigenvalue weighted by molar-refractivity contribution is 0.0186. The molecule has 2 aromatic heterocycles. The summed E-state index contributed by atoms with van der Waals surface area (Å²) in [7, 11) is 0. The number of likely N-dealkylation sites (tertiary alicyclic amines) is 1. The first-order valence-corrected chi connectivity index (χ1v) is 11.4. The van der Waals surface area contributed by atoms with Crippen LogP contribution in [0.5, 0.6) is 0 Å². The lowest BCUT2D eigenvalue weighted by atomic mass is 10.1. The Morgan fingerprint density at radius 3 is 2.42 bits per heavy atom. The topological polar surface area (TPSA) is 89.4 Å². The number of hydrogen-bond acceptors (Lipinski definition) is 5. The van der Waals surface area contributed by atoms with Gasteiger partial charge in [-0.1, -0.05) is 29.3 Å². The fraction of sp³-hybridized carbons (Fsp3) is 0.417. The van der Waals surface area contributed by atoms with Gasteiger partial charge in [0.25, 0.3) is 5.91 Å². The van der Waals surface area contributed by atoms with E-state index in [1.807, 2.05) is 56.6 Å². The predicted molar refractivity (Wildman–Crippen MR) is 128 cm³/mol. The Morgan fingerprint density at radius 1 is 1.12 bits per heavy atom. The average molecular weight is 470 g/mol. The molecule has 0 aliphatic carbocycles. The number of aryl methyl sites for hydroxylation is 1. The van der Waals surface area contributed by atoms with E-state index in [1.54, 1.807) is 11.1 Å². The third-order valence-electron chi connectivity index (χ3n) is 5.57. The van der Waals surface area contributed by atoms with Gasteiger partial charge in [0.1, 0.15) is 5.60 Å². The largest absolute Gasteiger partial charge is 0.444 e. The number of carbonyl (C=O) groups is 2. The molecule has 1 saturated heterocycles. The van der Waals surface area contributed by atoms with E-state index in [9.17, 15) is 9.59 Å². The van der Waals surface area contributed by atoms with Crippen LogP contribution < -0.4 is 5.32 Å². The number of amides is 2. The van der Waals surface area contributed by atoms with E-state index >= 15 is 0 Å². The highest BCUT2D eigenvalue weighted by Gasteiger charge is 2.29. The zero-order valence-corrected chi connectivity index (χ0v) is 20.0. The van der Waals surface area contributed by atoms with E-state index < -0.39 is 5.60 Å². The smallest absolute Gasteiger partial charge is 0.410 e. The Labute approximate surface area is 197 Å². The summed E-state index contributed by atoms with van der Waals surface area (Å²) in [5.74, 6) is -0.323. The van der Waals surface area contributed by atoms with Gasteiger partial charge in [-0.25, -0.2) is 14.5 Å². The highest BCUT2D eigenvalue weighted by Crippen LogP contribution is 2.31. The third-order valence-corrected chi connectivity index (χ3v) is 5.98. The maximum Gasteiger partial charge on any atom is 0.410 e. The highest BCUT2D eigenvalue weighted by molar-refractivity contribution is 6.38. The van der Waals surface area contributed by atoms with Gasteiger partial charge in [0.05, 0.1) is 28.2 Å². The van der Waals surface area contributed by atoms with E-state index in [-0.39, 0.29) is 18.0 Å². The molecule has 0 bridgehead atoms. The van der Waals surface area contributed by atoms with Crippen molar-refractivity contribution in [3.05, 3.63) is 52.8 Å². The Hall–Kier alpha value is -3.13. The van der Waals surface area contributed by atoms with Crippen molar-refractivity contribution in [1.29, 1.82) is 0 Å². The summed E-state index contributed by atoms with van der Waals surface area (Å²) in [6, 6.07) is 7.62. The van der Waals surface area contributed by atoms with E-state index in [1.165, 1.54) is 6.20 Å². The molecule has 9 heteroatoms. The number of hydrogen-bond donors (Lipinski definition) is 1. The molecule has 1 fully saturated rings. The van der Waals surface area contributed by atoms with Crippen molar-refractivity contribution in [2.45, 2.75) is 52.2 Å². The number of piperidine rings is 1. The normalized spacial score (nSPS) is 15.0. The number of fused-ring (bicyclic) bond motifs is 1. The van der Waals surface area contributed by atoms with E-state index in [2.05, 4.69) is 15.4 Å². The molecule has 0 unspecified atom stereocenters. The number of pyridine rings is 1. The number of aromatic nitrogens is 3. The van der Waals surface area contributed by atoms with E-state index in [0.717, 1.165) is 18.4 Å². The number of halogens is 1. The molecule has 1 aliphatic heterocycles. The summed E-state index contributed by atoms with van der Waals surface area (Å²) in [5.41, 5.74) is 2.20. The second kappa shape index (κ2) is 9.02. The Balaban J connectivity index is 1.48. The Bertz CT molecular complexity index is 1180. The number of ether oxygens (including phenoxy) is 1. The number of benzene rings is 1. The summed E-state index contributed by atoms with van der Waals surface area (Å²) in [6.07, 6.45) is 4.29. The van der Waals surface area contributed by atoms with Crippen molar-refractivity contribution >= 4 is 40.3 Å². The molecule has 1 N–H and O–H groups in total. The molecule has 1 aliphatic rings. The van der Waals surface area contributed by atoms with E-state index in [0.29, 0.717) is 40.4 Å². The van der Waals surface area contributed by atoms with E-state index in [4.69, 9.17) is 16.3 Å². The van der Waals surface area contributed by atoms with Gasteiger partial charge < -0.3 is 15.0 Å². The summed E-state index contributed by atoms with van der Waals surface area (Å²) in [5, 5.41) is 8.31. The van der Waals surface area contributed by atoms with Gasteiger partial charge in [-0.3, -0.25) is 4.79 Å². The monoisotopic (exact) mass is 469 g/mol. The van der Waals surface area contributed by atoms with Gasteiger partial charge in [-0.2, -0.15) is 5.10 Å². The number of nitrogens with zero attached hydrogens (tertiary/aromatic N) is 4. The minimum Gasteiger partial charge on any atom is -0.444 e. The number of nitrogens with one attached hydrogen (secondary N) is 1. The summed E-state index contributed by atoms with van der Waals surface area (Å²) < 4.78 is 7.31. The minimum absolute atomic E-state index is 0.0805. The first-order chi connectivity index (χ1) is 15.6. The maximum absolute atomic E-state index is 12.8. The van der Waals surface area contributed by atoms with Gasteiger partial charge in [0.15, 0.2) is 5.65 Å². The SMILES string of the molecule is Cc1ccc(NC(=O)c2cnc3c(cnn3C3CCN(C(=O)OC(C)(C)C)CC3)c2Cl)cc1. The van der Waals surface area contributed by atoms with Crippen LogP contribution in [0.15, 0.2) is 36.7 Å². The number of rotatable bonds is 3. The molecule has 2 amide bonds. The quantitative estimate of drug-likeness (QED) is 0.568. The van der Waals surface area contributed by atoms with Gasteiger partial charge in [-0.15, -0.1) is 0 Å². The van der Waals surface area contributed by atoms with Crippen LogP contribution in [0.2, 0.25) is 5.02 Å². The number of anilines is 1. The first-order valence-electron chi connectivity index (χ1n) is 11.0. The predicted octanol–water partition coefficient (Wildman–Crippen LogP) is 5.22. The minimum atomic E-state index is -0.518. The zero-order valence-electron chi connectivity index (χ0n) is 19.3. The van der Waals surface area contributed by atoms with Gasteiger partial charge in [-0.05, 0) is 52.7 Å². The highest BCUT2D eigenvalue weighted by atomic mass is 35.5. The van der Waals surface area contributed by atoms with Crippen molar-refractivity contribution in [3.63, 3.8) is 0 Å². The molecule has 0 atom stereocenters. The molecule has 3 aromatic rings. The van der Waals surface area contributed by atoms with Crippen LogP contribution in [0, 0.1) is 6.92 Å². The van der Waals surface area contributed by atoms with Crippen molar-refractivity contribution < 1.29 is 14.3 Å². The van der Waals surface area contributed by atoms with Crippen molar-refractivity contribution in [1.82, 2.24) is 19.7 Å². The molecule has 4 rings (SSSR count). The van der Waals surface area contributed by atoms with Gasteiger partial charge in [0, 0.05) is 25.0 Å². The molecule has 174 valence electrons. The van der Waals surface area contributed by atoms with Crippen molar-refractivity contribution in [3.8, 4) is 0 Å². The van der Waals surface area contributed by atoms with Crippen molar-refractivity contribution in [2.75, 3.05) is 18.4 Å². The van der Waals surface area contributed by atoms with Gasteiger partial charge >= 0.3 is 6.09 Å².